The number of amides is 2. The molecular formula is C17H18F3N5O2. The van der Waals surface area contributed by atoms with Crippen LogP contribution in [0.15, 0.2) is 24.3 Å². The number of nitrogens with one attached hydrogen (secondary N) is 2. The van der Waals surface area contributed by atoms with E-state index in [-0.39, 0.29) is 23.3 Å². The molecular weight excluding hydrogens is 363 g/mol. The predicted octanol–water partition coefficient (Wildman–Crippen LogP) is 2.61. The minimum Gasteiger partial charge on any atom is -0.348 e. The molecule has 2 aromatic rings. The van der Waals surface area contributed by atoms with Gasteiger partial charge in [0.1, 0.15) is 0 Å². The van der Waals surface area contributed by atoms with Gasteiger partial charge in [-0.05, 0) is 43.5 Å². The van der Waals surface area contributed by atoms with Crippen molar-refractivity contribution in [1.82, 2.24) is 20.3 Å². The lowest BCUT2D eigenvalue weighted by atomic mass is 10.2. The molecule has 2 N–H and O–H groups in total. The number of benzene rings is 1. The third kappa shape index (κ3) is 4.44. The summed E-state index contributed by atoms with van der Waals surface area (Å²) < 4.78 is 38.4. The van der Waals surface area contributed by atoms with Gasteiger partial charge < -0.3 is 10.6 Å². The van der Waals surface area contributed by atoms with Crippen LogP contribution in [0.4, 0.5) is 18.9 Å². The fourth-order valence-electron chi connectivity index (χ4n) is 2.52. The van der Waals surface area contributed by atoms with Gasteiger partial charge in [0.2, 0.25) is 0 Å². The molecule has 1 heterocycles. The van der Waals surface area contributed by atoms with Gasteiger partial charge in [-0.3, -0.25) is 9.59 Å². The van der Waals surface area contributed by atoms with Gasteiger partial charge in [-0.25, -0.2) is 4.68 Å². The van der Waals surface area contributed by atoms with Crippen molar-refractivity contribution >= 4 is 17.5 Å². The number of hydrogen-bond acceptors (Lipinski definition) is 4. The van der Waals surface area contributed by atoms with Gasteiger partial charge in [0.15, 0.2) is 5.69 Å². The number of rotatable bonds is 6. The van der Waals surface area contributed by atoms with Gasteiger partial charge in [-0.2, -0.15) is 13.2 Å². The summed E-state index contributed by atoms with van der Waals surface area (Å²) in [6.45, 7) is 1.95. The van der Waals surface area contributed by atoms with Gasteiger partial charge >= 0.3 is 12.1 Å². The van der Waals surface area contributed by atoms with Crippen molar-refractivity contribution in [3.63, 3.8) is 0 Å². The third-order valence-corrected chi connectivity index (χ3v) is 4.00. The molecule has 0 unspecified atom stereocenters. The van der Waals surface area contributed by atoms with Crippen LogP contribution in [0, 0.1) is 0 Å². The highest BCUT2D eigenvalue weighted by molar-refractivity contribution is 5.95. The zero-order valence-corrected chi connectivity index (χ0v) is 14.5. The quantitative estimate of drug-likeness (QED) is 0.805. The molecule has 2 amide bonds. The topological polar surface area (TPSA) is 88.9 Å². The molecule has 0 radical (unpaired) electrons. The summed E-state index contributed by atoms with van der Waals surface area (Å²) in [5, 5.41) is 12.6. The standard InChI is InChI=1S/C17H18F3N5O2/c1-2-3-13-14(15(26)21-10-4-5-10)23-24-25(13)12-8-6-11(7-9-12)22-16(27)17(18,19)20/h6-10H,2-5H2,1H3,(H,21,26)(H,22,27). The second-order valence-corrected chi connectivity index (χ2v) is 6.29. The number of carbonyl (C=O) groups is 2. The Hall–Kier alpha value is -2.91. The van der Waals surface area contributed by atoms with Crippen LogP contribution in [0.25, 0.3) is 5.69 Å². The van der Waals surface area contributed by atoms with E-state index in [0.29, 0.717) is 17.8 Å². The Kier molecular flexibility index (Phi) is 5.15. The lowest BCUT2D eigenvalue weighted by molar-refractivity contribution is -0.167. The molecule has 1 aliphatic carbocycles. The molecule has 1 saturated carbocycles. The molecule has 0 spiro atoms. The van der Waals surface area contributed by atoms with Gasteiger partial charge in [0.25, 0.3) is 5.91 Å². The van der Waals surface area contributed by atoms with Crippen LogP contribution < -0.4 is 10.6 Å². The first-order chi connectivity index (χ1) is 12.8. The first kappa shape index (κ1) is 18.9. The normalized spacial score (nSPS) is 14.1. The zero-order chi connectivity index (χ0) is 19.6. The Bertz CT molecular complexity index is 841. The summed E-state index contributed by atoms with van der Waals surface area (Å²) in [6.07, 6.45) is -1.73. The minimum atomic E-state index is -4.96. The van der Waals surface area contributed by atoms with Gasteiger partial charge in [-0.1, -0.05) is 18.6 Å². The van der Waals surface area contributed by atoms with E-state index < -0.39 is 12.1 Å². The Balaban J connectivity index is 1.82. The van der Waals surface area contributed by atoms with E-state index >= 15 is 0 Å². The number of aromatic nitrogens is 3. The number of nitrogens with zero attached hydrogens (tertiary/aromatic N) is 3. The minimum absolute atomic E-state index is 0.00457. The number of carbonyl (C=O) groups excluding carboxylic acids is 2. The van der Waals surface area contributed by atoms with Crippen LogP contribution in [0.5, 0.6) is 0 Å². The maximum atomic E-state index is 12.3. The first-order valence-corrected chi connectivity index (χ1v) is 8.53. The fraction of sp³-hybridized carbons (Fsp3) is 0.412. The summed E-state index contributed by atoms with van der Waals surface area (Å²) in [4.78, 5) is 23.3. The van der Waals surface area contributed by atoms with Crippen molar-refractivity contribution in [1.29, 1.82) is 0 Å². The van der Waals surface area contributed by atoms with Crippen molar-refractivity contribution in [3.05, 3.63) is 35.7 Å². The number of anilines is 1. The number of alkyl halides is 3. The first-order valence-electron chi connectivity index (χ1n) is 8.53. The molecule has 0 saturated heterocycles. The maximum absolute atomic E-state index is 12.3. The van der Waals surface area contributed by atoms with E-state index in [1.165, 1.54) is 28.9 Å². The smallest absolute Gasteiger partial charge is 0.348 e. The van der Waals surface area contributed by atoms with Crippen LogP contribution >= 0.6 is 0 Å². The average Bonchev–Trinajstić information content (AvgIpc) is 3.32. The maximum Gasteiger partial charge on any atom is 0.471 e. The second-order valence-electron chi connectivity index (χ2n) is 6.29. The molecule has 27 heavy (non-hydrogen) atoms. The highest BCUT2D eigenvalue weighted by Crippen LogP contribution is 2.22. The van der Waals surface area contributed by atoms with E-state index in [4.69, 9.17) is 0 Å². The molecule has 1 aromatic heterocycles. The highest BCUT2D eigenvalue weighted by atomic mass is 19.4. The van der Waals surface area contributed by atoms with Crippen LogP contribution in [0.2, 0.25) is 0 Å². The van der Waals surface area contributed by atoms with Crippen molar-refractivity contribution in [2.75, 3.05) is 5.32 Å². The second kappa shape index (κ2) is 7.37. The fourth-order valence-corrected chi connectivity index (χ4v) is 2.52. The molecule has 1 aromatic carbocycles. The molecule has 3 rings (SSSR count). The van der Waals surface area contributed by atoms with Crippen molar-refractivity contribution in [2.24, 2.45) is 0 Å². The van der Waals surface area contributed by atoms with E-state index in [9.17, 15) is 22.8 Å². The Morgan fingerprint density at radius 2 is 1.89 bits per heavy atom. The third-order valence-electron chi connectivity index (χ3n) is 4.00. The Labute approximate surface area is 152 Å². The highest BCUT2D eigenvalue weighted by Gasteiger charge is 2.38. The largest absolute Gasteiger partial charge is 0.471 e. The SMILES string of the molecule is CCCc1c(C(=O)NC2CC2)nnn1-c1ccc(NC(=O)C(F)(F)F)cc1. The van der Waals surface area contributed by atoms with Crippen molar-refractivity contribution < 1.29 is 22.8 Å². The molecule has 10 heteroatoms. The lowest BCUT2D eigenvalue weighted by Crippen LogP contribution is -2.29. The van der Waals surface area contributed by atoms with Gasteiger partial charge in [-0.15, -0.1) is 5.10 Å². The average molecular weight is 381 g/mol. The van der Waals surface area contributed by atoms with E-state index in [1.54, 1.807) is 5.32 Å². The molecule has 1 aliphatic rings. The Morgan fingerprint density at radius 3 is 2.44 bits per heavy atom. The molecule has 1 fully saturated rings. The summed E-state index contributed by atoms with van der Waals surface area (Å²) in [7, 11) is 0. The summed E-state index contributed by atoms with van der Waals surface area (Å²) in [5.74, 6) is -2.32. The van der Waals surface area contributed by atoms with Gasteiger partial charge in [0, 0.05) is 11.7 Å². The molecule has 0 aliphatic heterocycles. The molecule has 7 nitrogen and oxygen atoms in total. The summed E-state index contributed by atoms with van der Waals surface area (Å²) >= 11 is 0. The zero-order valence-electron chi connectivity index (χ0n) is 14.5. The van der Waals surface area contributed by atoms with Crippen LogP contribution in [-0.2, 0) is 11.2 Å². The van der Waals surface area contributed by atoms with Crippen LogP contribution in [-0.4, -0.2) is 39.0 Å². The van der Waals surface area contributed by atoms with Crippen molar-refractivity contribution in [3.8, 4) is 5.69 Å². The summed E-state index contributed by atoms with van der Waals surface area (Å²) in [6, 6.07) is 5.86. The lowest BCUT2D eigenvalue weighted by Gasteiger charge is -2.10. The Morgan fingerprint density at radius 1 is 1.22 bits per heavy atom. The van der Waals surface area contributed by atoms with E-state index in [0.717, 1.165) is 19.3 Å². The molecule has 0 bridgehead atoms. The van der Waals surface area contributed by atoms with Crippen molar-refractivity contribution in [2.45, 2.75) is 44.8 Å². The van der Waals surface area contributed by atoms with E-state index in [2.05, 4.69) is 15.6 Å². The molecule has 144 valence electrons. The van der Waals surface area contributed by atoms with Crippen LogP contribution in [0.3, 0.4) is 0 Å². The van der Waals surface area contributed by atoms with Crippen LogP contribution in [0.1, 0.15) is 42.4 Å². The van der Waals surface area contributed by atoms with E-state index in [1.807, 2.05) is 6.92 Å². The predicted molar refractivity (Wildman–Crippen MR) is 90.5 cm³/mol. The summed E-state index contributed by atoms with van der Waals surface area (Å²) in [5.41, 5.74) is 1.41. The van der Waals surface area contributed by atoms with Gasteiger partial charge in [0.05, 0.1) is 11.4 Å². The number of hydrogen-bond donors (Lipinski definition) is 2. The number of halogens is 3. The monoisotopic (exact) mass is 381 g/mol. The molecule has 0 atom stereocenters.